The first kappa shape index (κ1) is 16.2. The van der Waals surface area contributed by atoms with Gasteiger partial charge >= 0.3 is 0 Å². The van der Waals surface area contributed by atoms with Gasteiger partial charge in [-0.2, -0.15) is 0 Å². The Morgan fingerprint density at radius 3 is 2.52 bits per heavy atom. The zero-order valence-corrected chi connectivity index (χ0v) is 14.8. The van der Waals surface area contributed by atoms with E-state index in [1.54, 1.807) is 11.3 Å². The van der Waals surface area contributed by atoms with Crippen LogP contribution in [-0.4, -0.2) is 5.91 Å². The van der Waals surface area contributed by atoms with Crippen LogP contribution in [0.3, 0.4) is 0 Å². The molecule has 21 heavy (non-hydrogen) atoms. The molecule has 0 spiro atoms. The van der Waals surface area contributed by atoms with Gasteiger partial charge in [0.2, 0.25) is 5.91 Å². The largest absolute Gasteiger partial charge is 0.325 e. The number of anilines is 1. The Kier molecular flexibility index (Phi) is 5.19. The van der Waals surface area contributed by atoms with Crippen molar-refractivity contribution < 1.29 is 4.79 Å². The molecule has 0 atom stereocenters. The van der Waals surface area contributed by atoms with Crippen LogP contribution in [0.5, 0.6) is 0 Å². The summed E-state index contributed by atoms with van der Waals surface area (Å²) in [6.07, 6.45) is 0. The van der Waals surface area contributed by atoms with Crippen LogP contribution in [0.15, 0.2) is 40.2 Å². The van der Waals surface area contributed by atoms with Gasteiger partial charge in [0.1, 0.15) is 0 Å². The number of halogens is 1. The van der Waals surface area contributed by atoms with E-state index in [0.29, 0.717) is 0 Å². The van der Waals surface area contributed by atoms with Crippen LogP contribution in [0.2, 0.25) is 0 Å². The molecular weight excluding hydrogens is 348 g/mol. The number of hydrogen-bond acceptors (Lipinski definition) is 3. The molecule has 2 N–H and O–H groups in total. The SMILES string of the molecule is CC(=O)Nc1ccsc1CNC(C)(C)c1ccc(Br)cc1. The fourth-order valence-corrected chi connectivity index (χ4v) is 3.08. The standard InChI is InChI=1S/C16H19BrN2OS/c1-11(20)19-14-8-9-21-15(14)10-18-16(2,3)12-4-6-13(17)7-5-12/h4-9,18H,10H2,1-3H3,(H,19,20). The molecule has 0 fully saturated rings. The Bertz CT molecular complexity index is 619. The molecule has 0 saturated carbocycles. The summed E-state index contributed by atoms with van der Waals surface area (Å²) in [7, 11) is 0. The molecule has 112 valence electrons. The Balaban J connectivity index is 2.06. The lowest BCUT2D eigenvalue weighted by Gasteiger charge is -2.27. The fourth-order valence-electron chi connectivity index (χ4n) is 2.05. The van der Waals surface area contributed by atoms with Crippen molar-refractivity contribution in [2.45, 2.75) is 32.9 Å². The summed E-state index contributed by atoms with van der Waals surface area (Å²) in [6, 6.07) is 10.3. The van der Waals surface area contributed by atoms with Crippen molar-refractivity contribution in [1.29, 1.82) is 0 Å². The second-order valence-electron chi connectivity index (χ2n) is 5.42. The zero-order chi connectivity index (χ0) is 15.5. The van der Waals surface area contributed by atoms with Gasteiger partial charge in [0, 0.05) is 28.4 Å². The van der Waals surface area contributed by atoms with Gasteiger partial charge in [0.25, 0.3) is 0 Å². The molecule has 1 heterocycles. The van der Waals surface area contributed by atoms with Crippen LogP contribution in [0.1, 0.15) is 31.2 Å². The Morgan fingerprint density at radius 2 is 1.90 bits per heavy atom. The minimum absolute atomic E-state index is 0.0400. The number of benzene rings is 1. The molecular formula is C16H19BrN2OS. The quantitative estimate of drug-likeness (QED) is 0.817. The Labute approximate surface area is 137 Å². The van der Waals surface area contributed by atoms with E-state index in [9.17, 15) is 4.79 Å². The van der Waals surface area contributed by atoms with Gasteiger partial charge in [0.05, 0.1) is 5.69 Å². The first-order valence-electron chi connectivity index (χ1n) is 6.73. The van der Waals surface area contributed by atoms with Crippen molar-refractivity contribution >= 4 is 38.9 Å². The van der Waals surface area contributed by atoms with Crippen molar-refractivity contribution in [2.75, 3.05) is 5.32 Å². The molecule has 5 heteroatoms. The van der Waals surface area contributed by atoms with Crippen LogP contribution in [-0.2, 0) is 16.9 Å². The summed E-state index contributed by atoms with van der Waals surface area (Å²) < 4.78 is 1.08. The first-order chi connectivity index (χ1) is 9.88. The van der Waals surface area contributed by atoms with Crippen molar-refractivity contribution in [3.8, 4) is 0 Å². The lowest BCUT2D eigenvalue weighted by molar-refractivity contribution is -0.114. The third kappa shape index (κ3) is 4.40. The maximum absolute atomic E-state index is 11.2. The molecule has 0 bridgehead atoms. The molecule has 0 unspecified atom stereocenters. The summed E-state index contributed by atoms with van der Waals surface area (Å²) >= 11 is 5.10. The van der Waals surface area contributed by atoms with Crippen LogP contribution < -0.4 is 10.6 Å². The zero-order valence-electron chi connectivity index (χ0n) is 12.4. The molecule has 1 aromatic heterocycles. The molecule has 2 aromatic rings. The third-order valence-corrected chi connectivity index (χ3v) is 4.76. The van der Waals surface area contributed by atoms with Crippen LogP contribution >= 0.6 is 27.3 Å². The highest BCUT2D eigenvalue weighted by Crippen LogP contribution is 2.26. The maximum atomic E-state index is 11.2. The van der Waals surface area contributed by atoms with Gasteiger partial charge in [-0.05, 0) is 43.0 Å². The average molecular weight is 367 g/mol. The van der Waals surface area contributed by atoms with Gasteiger partial charge in [0.15, 0.2) is 0 Å². The van der Waals surface area contributed by atoms with Gasteiger partial charge in [-0.1, -0.05) is 28.1 Å². The number of rotatable bonds is 5. The van der Waals surface area contributed by atoms with E-state index in [2.05, 4.69) is 52.5 Å². The second kappa shape index (κ2) is 6.73. The Hall–Kier alpha value is -1.17. The predicted molar refractivity (Wildman–Crippen MR) is 92.6 cm³/mol. The molecule has 1 amide bonds. The monoisotopic (exact) mass is 366 g/mol. The van der Waals surface area contributed by atoms with E-state index in [-0.39, 0.29) is 11.4 Å². The normalized spacial score (nSPS) is 11.4. The second-order valence-corrected chi connectivity index (χ2v) is 7.34. The van der Waals surface area contributed by atoms with E-state index in [1.807, 2.05) is 23.6 Å². The van der Waals surface area contributed by atoms with Gasteiger partial charge in [-0.3, -0.25) is 4.79 Å². The number of amides is 1. The highest BCUT2D eigenvalue weighted by Gasteiger charge is 2.20. The number of hydrogen-bond donors (Lipinski definition) is 2. The van der Waals surface area contributed by atoms with Crippen LogP contribution in [0.25, 0.3) is 0 Å². The number of thiophene rings is 1. The van der Waals surface area contributed by atoms with Crippen molar-refractivity contribution in [3.63, 3.8) is 0 Å². The van der Waals surface area contributed by atoms with Crippen LogP contribution in [0, 0.1) is 0 Å². The average Bonchev–Trinajstić information content (AvgIpc) is 2.83. The summed E-state index contributed by atoms with van der Waals surface area (Å²) in [5.74, 6) is -0.0400. The summed E-state index contributed by atoms with van der Waals surface area (Å²) in [5.41, 5.74) is 1.98. The molecule has 0 aliphatic heterocycles. The molecule has 2 rings (SSSR count). The van der Waals surface area contributed by atoms with Crippen molar-refractivity contribution in [3.05, 3.63) is 50.6 Å². The summed E-state index contributed by atoms with van der Waals surface area (Å²) in [4.78, 5) is 12.3. The summed E-state index contributed by atoms with van der Waals surface area (Å²) in [6.45, 7) is 6.56. The smallest absolute Gasteiger partial charge is 0.221 e. The van der Waals surface area contributed by atoms with Crippen LogP contribution in [0.4, 0.5) is 5.69 Å². The molecule has 1 aromatic carbocycles. The summed E-state index contributed by atoms with van der Waals surface area (Å²) in [5, 5.41) is 8.41. The minimum atomic E-state index is -0.141. The molecule has 0 aliphatic carbocycles. The van der Waals surface area contributed by atoms with Gasteiger partial charge < -0.3 is 10.6 Å². The molecule has 3 nitrogen and oxygen atoms in total. The van der Waals surface area contributed by atoms with Gasteiger partial charge in [-0.25, -0.2) is 0 Å². The number of nitrogens with one attached hydrogen (secondary N) is 2. The lowest BCUT2D eigenvalue weighted by atomic mass is 9.94. The molecule has 0 saturated heterocycles. The molecule has 0 radical (unpaired) electrons. The predicted octanol–water partition coefficient (Wildman–Crippen LogP) is 4.49. The van der Waals surface area contributed by atoms with Crippen molar-refractivity contribution in [1.82, 2.24) is 5.32 Å². The van der Waals surface area contributed by atoms with Gasteiger partial charge in [-0.15, -0.1) is 11.3 Å². The van der Waals surface area contributed by atoms with E-state index in [0.717, 1.165) is 21.6 Å². The van der Waals surface area contributed by atoms with Crippen molar-refractivity contribution in [2.24, 2.45) is 0 Å². The van der Waals surface area contributed by atoms with E-state index < -0.39 is 0 Å². The van der Waals surface area contributed by atoms with E-state index >= 15 is 0 Å². The van der Waals surface area contributed by atoms with E-state index in [4.69, 9.17) is 0 Å². The third-order valence-electron chi connectivity index (χ3n) is 3.31. The maximum Gasteiger partial charge on any atom is 0.221 e. The Morgan fingerprint density at radius 1 is 1.24 bits per heavy atom. The number of carbonyl (C=O) groups excluding carboxylic acids is 1. The lowest BCUT2D eigenvalue weighted by Crippen LogP contribution is -2.35. The minimum Gasteiger partial charge on any atom is -0.325 e. The highest BCUT2D eigenvalue weighted by atomic mass is 79.9. The first-order valence-corrected chi connectivity index (χ1v) is 8.41. The van der Waals surface area contributed by atoms with E-state index in [1.165, 1.54) is 12.5 Å². The fraction of sp³-hybridized carbons (Fsp3) is 0.312. The topological polar surface area (TPSA) is 41.1 Å². The molecule has 0 aliphatic rings. The number of carbonyl (C=O) groups is 1. The highest BCUT2D eigenvalue weighted by molar-refractivity contribution is 9.10.